The molecule has 90 valence electrons. The molecule has 0 aromatic heterocycles. The van der Waals surface area contributed by atoms with Gasteiger partial charge in [-0.15, -0.1) is 0 Å². The first kappa shape index (κ1) is 12.1. The number of hydrogen-bond acceptors (Lipinski definition) is 3. The Morgan fingerprint density at radius 2 is 2.24 bits per heavy atom. The minimum absolute atomic E-state index is 0.00204. The molecule has 0 saturated heterocycles. The standard InChI is InChI=1S/C13H14ClNO2/c1-3-4-8-7-10(16)12-11(17-2)6-5-9(14)13(12)15-8/h5-7,12H,3-4H2,1-2H3. The summed E-state index contributed by atoms with van der Waals surface area (Å²) < 4.78 is 5.20. The predicted molar refractivity (Wildman–Crippen MR) is 68.0 cm³/mol. The quantitative estimate of drug-likeness (QED) is 0.774. The highest BCUT2D eigenvalue weighted by molar-refractivity contribution is 6.46. The monoisotopic (exact) mass is 251 g/mol. The number of allylic oxidation sites excluding steroid dienone is 6. The Morgan fingerprint density at radius 3 is 2.88 bits per heavy atom. The summed E-state index contributed by atoms with van der Waals surface area (Å²) >= 11 is 6.09. The van der Waals surface area contributed by atoms with Crippen LogP contribution in [0.1, 0.15) is 19.8 Å². The molecule has 1 atom stereocenters. The zero-order valence-corrected chi connectivity index (χ0v) is 10.6. The molecule has 1 aliphatic carbocycles. The van der Waals surface area contributed by atoms with Crippen LogP contribution in [0.2, 0.25) is 0 Å². The van der Waals surface area contributed by atoms with Gasteiger partial charge in [0.25, 0.3) is 0 Å². The summed E-state index contributed by atoms with van der Waals surface area (Å²) in [5.41, 5.74) is 1.41. The van der Waals surface area contributed by atoms with Crippen molar-refractivity contribution in [2.75, 3.05) is 7.11 Å². The topological polar surface area (TPSA) is 38.7 Å². The SMILES string of the molecule is CCCC1=CC(=O)C2C(OC)=CC=C(Cl)C2=N1. The van der Waals surface area contributed by atoms with E-state index in [9.17, 15) is 4.79 Å². The summed E-state index contributed by atoms with van der Waals surface area (Å²) in [6.45, 7) is 2.05. The van der Waals surface area contributed by atoms with Gasteiger partial charge in [-0.3, -0.25) is 9.79 Å². The van der Waals surface area contributed by atoms with E-state index in [4.69, 9.17) is 16.3 Å². The van der Waals surface area contributed by atoms with E-state index in [-0.39, 0.29) is 5.78 Å². The van der Waals surface area contributed by atoms with E-state index in [1.165, 1.54) is 0 Å². The van der Waals surface area contributed by atoms with Gasteiger partial charge in [-0.25, -0.2) is 0 Å². The molecule has 0 aromatic rings. The van der Waals surface area contributed by atoms with Crippen molar-refractivity contribution < 1.29 is 9.53 Å². The minimum Gasteiger partial charge on any atom is -0.500 e. The van der Waals surface area contributed by atoms with E-state index >= 15 is 0 Å². The average Bonchev–Trinajstić information content (AvgIpc) is 2.31. The maximum atomic E-state index is 12.1. The molecule has 4 heteroatoms. The highest BCUT2D eigenvalue weighted by Gasteiger charge is 2.34. The van der Waals surface area contributed by atoms with Gasteiger partial charge in [0, 0.05) is 11.8 Å². The van der Waals surface area contributed by atoms with Crippen LogP contribution in [-0.2, 0) is 9.53 Å². The Morgan fingerprint density at radius 1 is 1.47 bits per heavy atom. The number of carbonyl (C=O) groups is 1. The van der Waals surface area contributed by atoms with Crippen LogP contribution in [0.4, 0.5) is 0 Å². The second-order valence-corrected chi connectivity index (χ2v) is 4.41. The van der Waals surface area contributed by atoms with E-state index in [0.717, 1.165) is 18.5 Å². The maximum absolute atomic E-state index is 12.1. The molecule has 17 heavy (non-hydrogen) atoms. The highest BCUT2D eigenvalue weighted by atomic mass is 35.5. The summed E-state index contributed by atoms with van der Waals surface area (Å²) in [7, 11) is 1.55. The van der Waals surface area contributed by atoms with E-state index in [2.05, 4.69) is 11.9 Å². The first-order valence-corrected chi connectivity index (χ1v) is 6.00. The van der Waals surface area contributed by atoms with E-state index in [1.54, 1.807) is 25.3 Å². The van der Waals surface area contributed by atoms with Crippen LogP contribution < -0.4 is 0 Å². The molecule has 0 fully saturated rings. The summed E-state index contributed by atoms with van der Waals surface area (Å²) in [5.74, 6) is 0.140. The summed E-state index contributed by atoms with van der Waals surface area (Å²) in [6, 6.07) is 0. The third-order valence-corrected chi connectivity index (χ3v) is 3.12. The van der Waals surface area contributed by atoms with Gasteiger partial charge in [-0.1, -0.05) is 24.9 Å². The molecule has 0 radical (unpaired) electrons. The zero-order valence-electron chi connectivity index (χ0n) is 9.87. The lowest BCUT2D eigenvalue weighted by molar-refractivity contribution is -0.116. The Kier molecular flexibility index (Phi) is 3.48. The van der Waals surface area contributed by atoms with Gasteiger partial charge >= 0.3 is 0 Å². The lowest BCUT2D eigenvalue weighted by Gasteiger charge is -2.25. The summed E-state index contributed by atoms with van der Waals surface area (Å²) in [6.07, 6.45) is 6.79. The van der Waals surface area contributed by atoms with Crippen LogP contribution in [0.25, 0.3) is 0 Å². The van der Waals surface area contributed by atoms with Gasteiger partial charge in [0.1, 0.15) is 11.7 Å². The molecule has 0 saturated carbocycles. The fourth-order valence-corrected chi connectivity index (χ4v) is 2.22. The smallest absolute Gasteiger partial charge is 0.174 e. The van der Waals surface area contributed by atoms with Crippen LogP contribution >= 0.6 is 11.6 Å². The average molecular weight is 252 g/mol. The van der Waals surface area contributed by atoms with Gasteiger partial charge in [0.15, 0.2) is 5.78 Å². The molecule has 1 heterocycles. The van der Waals surface area contributed by atoms with E-state index < -0.39 is 5.92 Å². The number of nitrogens with zero attached hydrogens (tertiary/aromatic N) is 1. The fraction of sp³-hybridized carbons (Fsp3) is 0.385. The van der Waals surface area contributed by atoms with Crippen molar-refractivity contribution in [1.29, 1.82) is 0 Å². The molecule has 1 aliphatic heterocycles. The summed E-state index contributed by atoms with van der Waals surface area (Å²) in [5, 5.41) is 0.519. The van der Waals surface area contributed by atoms with Gasteiger partial charge in [0.05, 0.1) is 17.9 Å². The van der Waals surface area contributed by atoms with Gasteiger partial charge in [0.2, 0.25) is 0 Å². The first-order valence-electron chi connectivity index (χ1n) is 5.62. The lowest BCUT2D eigenvalue weighted by Crippen LogP contribution is -2.30. The molecule has 0 N–H and O–H groups in total. The van der Waals surface area contributed by atoms with E-state index in [1.807, 2.05) is 0 Å². The second-order valence-electron chi connectivity index (χ2n) is 4.01. The molecule has 1 unspecified atom stereocenters. The number of methoxy groups -OCH3 is 1. The predicted octanol–water partition coefficient (Wildman–Crippen LogP) is 2.98. The van der Waals surface area contributed by atoms with Gasteiger partial charge in [-0.05, 0) is 18.6 Å². The van der Waals surface area contributed by atoms with Crippen molar-refractivity contribution in [2.45, 2.75) is 19.8 Å². The first-order chi connectivity index (χ1) is 8.17. The third kappa shape index (κ3) is 2.20. The number of rotatable bonds is 3. The minimum atomic E-state index is -0.460. The molecular weight excluding hydrogens is 238 g/mol. The zero-order chi connectivity index (χ0) is 12.4. The number of carbonyl (C=O) groups excluding carboxylic acids is 1. The van der Waals surface area contributed by atoms with Crippen molar-refractivity contribution in [1.82, 2.24) is 0 Å². The van der Waals surface area contributed by atoms with Crippen molar-refractivity contribution in [2.24, 2.45) is 10.9 Å². The number of fused-ring (bicyclic) bond motifs is 1. The number of halogens is 1. The Balaban J connectivity index is 2.40. The molecule has 0 aromatic carbocycles. The van der Waals surface area contributed by atoms with Crippen molar-refractivity contribution in [3.8, 4) is 0 Å². The molecule has 0 bridgehead atoms. The number of ketones is 1. The van der Waals surface area contributed by atoms with Crippen LogP contribution in [0.15, 0.2) is 39.7 Å². The van der Waals surface area contributed by atoms with Crippen LogP contribution in [0.3, 0.4) is 0 Å². The van der Waals surface area contributed by atoms with Gasteiger partial charge in [-0.2, -0.15) is 0 Å². The van der Waals surface area contributed by atoms with Crippen LogP contribution in [-0.4, -0.2) is 18.6 Å². The molecule has 0 spiro atoms. The number of hydrogen-bond donors (Lipinski definition) is 0. The second kappa shape index (κ2) is 4.88. The Labute approximate surface area is 106 Å². The lowest BCUT2D eigenvalue weighted by atomic mass is 9.88. The molecular formula is C13H14ClNO2. The van der Waals surface area contributed by atoms with Crippen molar-refractivity contribution in [3.05, 3.63) is 34.7 Å². The molecule has 2 aliphatic rings. The van der Waals surface area contributed by atoms with Crippen LogP contribution in [0.5, 0.6) is 0 Å². The largest absolute Gasteiger partial charge is 0.500 e. The van der Waals surface area contributed by atoms with Crippen molar-refractivity contribution in [3.63, 3.8) is 0 Å². The Hall–Kier alpha value is -1.35. The van der Waals surface area contributed by atoms with Gasteiger partial charge < -0.3 is 4.74 Å². The fourth-order valence-electron chi connectivity index (χ4n) is 2.01. The summed E-state index contributed by atoms with van der Waals surface area (Å²) in [4.78, 5) is 16.5. The Bertz CT molecular complexity index is 472. The normalized spacial score (nSPS) is 23.2. The molecule has 2 rings (SSSR count). The van der Waals surface area contributed by atoms with E-state index in [0.29, 0.717) is 16.5 Å². The van der Waals surface area contributed by atoms with Crippen LogP contribution in [0, 0.1) is 5.92 Å². The number of aliphatic imine (C=N–C) groups is 1. The van der Waals surface area contributed by atoms with Crippen molar-refractivity contribution >= 4 is 23.1 Å². The molecule has 0 amide bonds. The third-order valence-electron chi connectivity index (χ3n) is 2.80. The molecule has 3 nitrogen and oxygen atoms in total. The highest BCUT2D eigenvalue weighted by Crippen LogP contribution is 2.31. The number of ether oxygens (including phenoxy) is 1. The maximum Gasteiger partial charge on any atom is 0.174 e.